The fraction of sp³-hybridized carbons (Fsp3) is 0.600. The van der Waals surface area contributed by atoms with Crippen LogP contribution in [0.1, 0.15) is 37.7 Å². The average molecular weight is 356 g/mol. The van der Waals surface area contributed by atoms with Gasteiger partial charge in [0.2, 0.25) is 0 Å². The molecule has 2 fully saturated rings. The van der Waals surface area contributed by atoms with E-state index in [1.54, 1.807) is 0 Å². The van der Waals surface area contributed by atoms with Crippen molar-refractivity contribution in [1.29, 1.82) is 0 Å². The summed E-state index contributed by atoms with van der Waals surface area (Å²) in [5, 5.41) is 10.6. The molecule has 4 rings (SSSR count). The van der Waals surface area contributed by atoms with Gasteiger partial charge in [0.05, 0.1) is 0 Å². The van der Waals surface area contributed by atoms with Crippen molar-refractivity contribution in [1.82, 2.24) is 15.5 Å². The van der Waals surface area contributed by atoms with Gasteiger partial charge in [-0.1, -0.05) is 35.5 Å². The number of benzene rings is 1. The van der Waals surface area contributed by atoms with Crippen LogP contribution in [-0.4, -0.2) is 54.3 Å². The van der Waals surface area contributed by atoms with E-state index in [2.05, 4.69) is 51.0 Å². The Morgan fingerprint density at radius 2 is 1.96 bits per heavy atom. The van der Waals surface area contributed by atoms with E-state index in [9.17, 15) is 4.79 Å². The van der Waals surface area contributed by atoms with Crippen LogP contribution in [-0.2, 0) is 16.2 Å². The van der Waals surface area contributed by atoms with Gasteiger partial charge in [-0.2, -0.15) is 0 Å². The third-order valence-electron chi connectivity index (χ3n) is 5.79. The van der Waals surface area contributed by atoms with Gasteiger partial charge in [0, 0.05) is 44.9 Å². The third kappa shape index (κ3) is 4.07. The molecule has 3 aliphatic rings. The first-order valence-corrected chi connectivity index (χ1v) is 9.75. The zero-order valence-corrected chi connectivity index (χ0v) is 15.2. The fourth-order valence-electron chi connectivity index (χ4n) is 4.14. The maximum Gasteiger partial charge on any atom is 0.269 e. The van der Waals surface area contributed by atoms with Gasteiger partial charge in [0.25, 0.3) is 5.91 Å². The predicted molar refractivity (Wildman–Crippen MR) is 101 cm³/mol. The summed E-state index contributed by atoms with van der Waals surface area (Å²) >= 11 is 0. The minimum Gasteiger partial charge on any atom is -0.388 e. The van der Waals surface area contributed by atoms with Gasteiger partial charge in [0.15, 0.2) is 0 Å². The molecule has 1 spiro atoms. The van der Waals surface area contributed by atoms with E-state index in [4.69, 9.17) is 4.84 Å². The van der Waals surface area contributed by atoms with Crippen LogP contribution < -0.4 is 10.6 Å². The van der Waals surface area contributed by atoms with Gasteiger partial charge in [-0.05, 0) is 31.5 Å². The van der Waals surface area contributed by atoms with Crippen LogP contribution >= 0.6 is 0 Å². The van der Waals surface area contributed by atoms with E-state index >= 15 is 0 Å². The molecule has 3 heterocycles. The number of amides is 1. The Balaban J connectivity index is 1.22. The number of oxime groups is 1. The molecule has 0 atom stereocenters. The van der Waals surface area contributed by atoms with E-state index in [-0.39, 0.29) is 17.6 Å². The van der Waals surface area contributed by atoms with Crippen molar-refractivity contribution in [2.75, 3.05) is 26.2 Å². The number of carbonyl (C=O) groups excluding carboxylic acids is 1. The molecule has 0 saturated carbocycles. The van der Waals surface area contributed by atoms with Crippen molar-refractivity contribution < 1.29 is 9.63 Å². The summed E-state index contributed by atoms with van der Waals surface area (Å²) in [6.45, 7) is 4.88. The van der Waals surface area contributed by atoms with Crippen LogP contribution in [0, 0.1) is 0 Å². The SMILES string of the molecule is O=C(NC1CCN(Cc2ccccc2)CC1)C1=NOC2(CCNCC2)C1. The number of nitrogens with zero attached hydrogens (tertiary/aromatic N) is 2. The standard InChI is InChI=1S/C20H28N4O2/c25-19(18-14-20(26-23-18)8-10-21-11-9-20)22-17-6-12-24(13-7-17)15-16-4-2-1-3-5-16/h1-5,17,21H,6-15H2,(H,22,25). The molecular formula is C20H28N4O2. The normalized spacial score (nSPS) is 23.5. The molecule has 3 aliphatic heterocycles. The van der Waals surface area contributed by atoms with Crippen LogP contribution in [0.5, 0.6) is 0 Å². The second-order valence-electron chi connectivity index (χ2n) is 7.75. The molecule has 0 unspecified atom stereocenters. The predicted octanol–water partition coefficient (Wildman–Crippen LogP) is 1.67. The molecule has 0 bridgehead atoms. The first-order valence-electron chi connectivity index (χ1n) is 9.75. The van der Waals surface area contributed by atoms with Crippen molar-refractivity contribution in [2.24, 2.45) is 5.16 Å². The summed E-state index contributed by atoms with van der Waals surface area (Å²) in [6.07, 6.45) is 4.47. The van der Waals surface area contributed by atoms with E-state index in [1.165, 1.54) is 5.56 Å². The molecule has 0 aromatic heterocycles. The number of piperidine rings is 2. The van der Waals surface area contributed by atoms with Crippen LogP contribution in [0.25, 0.3) is 0 Å². The molecule has 0 aliphatic carbocycles. The summed E-state index contributed by atoms with van der Waals surface area (Å²) in [6, 6.07) is 10.8. The summed E-state index contributed by atoms with van der Waals surface area (Å²) in [5.74, 6) is -0.0399. The first-order chi connectivity index (χ1) is 12.7. The summed E-state index contributed by atoms with van der Waals surface area (Å²) in [4.78, 5) is 20.7. The Kier molecular flexibility index (Phi) is 5.22. The number of rotatable bonds is 4. The quantitative estimate of drug-likeness (QED) is 0.861. The zero-order valence-electron chi connectivity index (χ0n) is 15.2. The van der Waals surface area contributed by atoms with Gasteiger partial charge >= 0.3 is 0 Å². The Morgan fingerprint density at radius 1 is 1.23 bits per heavy atom. The van der Waals surface area contributed by atoms with Crippen molar-refractivity contribution in [3.63, 3.8) is 0 Å². The lowest BCUT2D eigenvalue weighted by atomic mass is 9.87. The van der Waals surface area contributed by atoms with E-state index in [0.29, 0.717) is 12.1 Å². The molecule has 1 aromatic carbocycles. The summed E-state index contributed by atoms with van der Waals surface area (Å²) in [7, 11) is 0. The highest BCUT2D eigenvalue weighted by atomic mass is 16.7. The lowest BCUT2D eigenvalue weighted by Gasteiger charge is -2.32. The highest BCUT2D eigenvalue weighted by Crippen LogP contribution is 2.32. The molecule has 0 radical (unpaired) electrons. The van der Waals surface area contributed by atoms with Gasteiger partial charge in [-0.15, -0.1) is 0 Å². The maximum atomic E-state index is 12.6. The first kappa shape index (κ1) is 17.5. The number of hydrogen-bond acceptors (Lipinski definition) is 5. The van der Waals surface area contributed by atoms with Crippen LogP contribution in [0.3, 0.4) is 0 Å². The van der Waals surface area contributed by atoms with Crippen LogP contribution in [0.15, 0.2) is 35.5 Å². The molecule has 2 N–H and O–H groups in total. The minimum atomic E-state index is -0.239. The monoisotopic (exact) mass is 356 g/mol. The highest BCUT2D eigenvalue weighted by Gasteiger charge is 2.42. The van der Waals surface area contributed by atoms with Gasteiger partial charge < -0.3 is 15.5 Å². The average Bonchev–Trinajstić information content (AvgIpc) is 3.08. The second kappa shape index (κ2) is 7.76. The third-order valence-corrected chi connectivity index (χ3v) is 5.79. The zero-order chi connectivity index (χ0) is 17.8. The lowest BCUT2D eigenvalue weighted by molar-refractivity contribution is -0.115. The van der Waals surface area contributed by atoms with E-state index < -0.39 is 0 Å². The fourth-order valence-corrected chi connectivity index (χ4v) is 4.14. The van der Waals surface area contributed by atoms with E-state index in [0.717, 1.165) is 58.4 Å². The second-order valence-corrected chi connectivity index (χ2v) is 7.75. The van der Waals surface area contributed by atoms with Crippen molar-refractivity contribution in [2.45, 2.75) is 50.3 Å². The number of hydrogen-bond donors (Lipinski definition) is 2. The number of likely N-dealkylation sites (tertiary alicyclic amines) is 1. The van der Waals surface area contributed by atoms with Crippen molar-refractivity contribution in [3.8, 4) is 0 Å². The van der Waals surface area contributed by atoms with Crippen LogP contribution in [0.2, 0.25) is 0 Å². The molecule has 1 aromatic rings. The Morgan fingerprint density at radius 3 is 2.69 bits per heavy atom. The minimum absolute atomic E-state index is 0.0399. The Labute approximate surface area is 155 Å². The van der Waals surface area contributed by atoms with Crippen molar-refractivity contribution >= 4 is 11.6 Å². The highest BCUT2D eigenvalue weighted by molar-refractivity contribution is 6.39. The molecule has 26 heavy (non-hydrogen) atoms. The van der Waals surface area contributed by atoms with Gasteiger partial charge in [-0.3, -0.25) is 9.69 Å². The molecule has 2 saturated heterocycles. The summed E-state index contributed by atoms with van der Waals surface area (Å²) in [5.41, 5.74) is 1.68. The molecular weight excluding hydrogens is 328 g/mol. The topological polar surface area (TPSA) is 66.0 Å². The lowest BCUT2D eigenvalue weighted by Crippen LogP contribution is -2.47. The Hall–Kier alpha value is -1.92. The largest absolute Gasteiger partial charge is 0.388 e. The van der Waals surface area contributed by atoms with E-state index in [1.807, 2.05) is 0 Å². The number of nitrogens with one attached hydrogen (secondary N) is 2. The Bertz CT molecular complexity index is 647. The molecule has 140 valence electrons. The molecule has 6 nitrogen and oxygen atoms in total. The van der Waals surface area contributed by atoms with Crippen LogP contribution in [0.4, 0.5) is 0 Å². The maximum absolute atomic E-state index is 12.6. The smallest absolute Gasteiger partial charge is 0.269 e. The summed E-state index contributed by atoms with van der Waals surface area (Å²) < 4.78 is 0. The van der Waals surface area contributed by atoms with Crippen molar-refractivity contribution in [3.05, 3.63) is 35.9 Å². The van der Waals surface area contributed by atoms with Gasteiger partial charge in [-0.25, -0.2) is 0 Å². The number of carbonyl (C=O) groups is 1. The van der Waals surface area contributed by atoms with Gasteiger partial charge in [0.1, 0.15) is 11.3 Å². The molecule has 1 amide bonds. The molecule has 6 heteroatoms.